The lowest BCUT2D eigenvalue weighted by atomic mass is 10.2. The minimum absolute atomic E-state index is 0.240. The molecule has 0 aliphatic carbocycles. The van der Waals surface area contributed by atoms with Crippen LogP contribution in [0.1, 0.15) is 5.56 Å². The number of hydrogen-bond donors (Lipinski definition) is 0. The second-order valence-corrected chi connectivity index (χ2v) is 2.70. The smallest absolute Gasteiger partial charge is 0.128 e. The summed E-state index contributed by atoms with van der Waals surface area (Å²) in [5, 5.41) is 8.51. The molecule has 0 saturated heterocycles. The summed E-state index contributed by atoms with van der Waals surface area (Å²) in [5.74, 6) is 0.180. The summed E-state index contributed by atoms with van der Waals surface area (Å²) in [6.45, 7) is 0.301. The zero-order valence-electron chi connectivity index (χ0n) is 6.76. The highest BCUT2D eigenvalue weighted by atomic mass is 35.5. The summed E-state index contributed by atoms with van der Waals surface area (Å²) in [6.07, 6.45) is 0. The average molecular weight is 200 g/mol. The van der Waals surface area contributed by atoms with E-state index in [-0.39, 0.29) is 5.56 Å². The number of nitrogens with zero attached hydrogens (tertiary/aromatic N) is 1. The fraction of sp³-hybridized carbons (Fsp3) is 0.222. The molecule has 0 amide bonds. The second kappa shape index (κ2) is 4.68. The van der Waals surface area contributed by atoms with Gasteiger partial charge in [-0.2, -0.15) is 5.26 Å². The molecule has 0 N–H and O–H groups in total. The van der Waals surface area contributed by atoms with Crippen LogP contribution in [-0.4, -0.2) is 12.5 Å². The van der Waals surface area contributed by atoms with E-state index in [0.717, 1.165) is 6.07 Å². The van der Waals surface area contributed by atoms with E-state index < -0.39 is 5.82 Å². The zero-order chi connectivity index (χ0) is 9.68. The standard InChI is InChI=1S/C9H7ClFNO/c10-1-2-13-9-4-7(6-12)3-8(11)5-9/h3-5H,1-2H2. The molecule has 4 heteroatoms. The van der Waals surface area contributed by atoms with Gasteiger partial charge in [0.1, 0.15) is 18.2 Å². The van der Waals surface area contributed by atoms with Gasteiger partial charge in [0.25, 0.3) is 0 Å². The van der Waals surface area contributed by atoms with Crippen molar-refractivity contribution in [3.63, 3.8) is 0 Å². The van der Waals surface area contributed by atoms with Crippen LogP contribution >= 0.6 is 11.6 Å². The van der Waals surface area contributed by atoms with Gasteiger partial charge in [0.05, 0.1) is 17.5 Å². The van der Waals surface area contributed by atoms with Crippen LogP contribution in [0.4, 0.5) is 4.39 Å². The van der Waals surface area contributed by atoms with Crippen molar-refractivity contribution in [3.05, 3.63) is 29.6 Å². The van der Waals surface area contributed by atoms with Crippen LogP contribution in [0.15, 0.2) is 18.2 Å². The number of benzene rings is 1. The first-order valence-electron chi connectivity index (χ1n) is 3.65. The summed E-state index contributed by atoms with van der Waals surface area (Å²) < 4.78 is 17.8. The maximum atomic E-state index is 12.8. The number of rotatable bonds is 3. The van der Waals surface area contributed by atoms with Gasteiger partial charge in [-0.1, -0.05) is 0 Å². The predicted octanol–water partition coefficient (Wildman–Crippen LogP) is 2.31. The van der Waals surface area contributed by atoms with Crippen LogP contribution < -0.4 is 4.74 Å². The van der Waals surface area contributed by atoms with E-state index in [1.54, 1.807) is 0 Å². The molecule has 1 rings (SSSR count). The Balaban J connectivity index is 2.83. The molecule has 0 atom stereocenters. The van der Waals surface area contributed by atoms with Crippen molar-refractivity contribution in [1.82, 2.24) is 0 Å². The van der Waals surface area contributed by atoms with E-state index in [4.69, 9.17) is 21.6 Å². The largest absolute Gasteiger partial charge is 0.492 e. The third-order valence-corrected chi connectivity index (χ3v) is 1.50. The zero-order valence-corrected chi connectivity index (χ0v) is 7.51. The van der Waals surface area contributed by atoms with Gasteiger partial charge >= 0.3 is 0 Å². The van der Waals surface area contributed by atoms with Gasteiger partial charge in [-0.05, 0) is 12.1 Å². The predicted molar refractivity (Wildman–Crippen MR) is 47.3 cm³/mol. The van der Waals surface area contributed by atoms with Crippen LogP contribution in [0.5, 0.6) is 5.75 Å². The molecule has 0 aliphatic heterocycles. The lowest BCUT2D eigenvalue weighted by Crippen LogP contribution is -1.98. The molecule has 68 valence electrons. The second-order valence-electron chi connectivity index (χ2n) is 2.32. The fourth-order valence-electron chi connectivity index (χ4n) is 0.867. The lowest BCUT2D eigenvalue weighted by Gasteiger charge is -2.03. The fourth-order valence-corrected chi connectivity index (χ4v) is 0.944. The van der Waals surface area contributed by atoms with Gasteiger partial charge in [0.15, 0.2) is 0 Å². The summed E-state index contributed by atoms with van der Waals surface area (Å²) >= 11 is 5.38. The molecule has 0 aliphatic rings. The number of ether oxygens (including phenoxy) is 1. The molecule has 13 heavy (non-hydrogen) atoms. The van der Waals surface area contributed by atoms with Crippen LogP contribution in [0.2, 0.25) is 0 Å². The third kappa shape index (κ3) is 2.92. The Hall–Kier alpha value is -1.27. The van der Waals surface area contributed by atoms with E-state index >= 15 is 0 Å². The molecule has 1 aromatic rings. The molecule has 0 fully saturated rings. The molecule has 0 aromatic heterocycles. The SMILES string of the molecule is N#Cc1cc(F)cc(OCCCl)c1. The maximum Gasteiger partial charge on any atom is 0.128 e. The molecule has 0 bridgehead atoms. The number of halogens is 2. The first kappa shape index (κ1) is 9.82. The topological polar surface area (TPSA) is 33.0 Å². The molecule has 0 heterocycles. The summed E-state index contributed by atoms with van der Waals surface area (Å²) in [6, 6.07) is 5.66. The van der Waals surface area contributed by atoms with Gasteiger partial charge in [0, 0.05) is 6.07 Å². The van der Waals surface area contributed by atoms with Crippen molar-refractivity contribution in [2.75, 3.05) is 12.5 Å². The van der Waals surface area contributed by atoms with Crippen LogP contribution in [0.25, 0.3) is 0 Å². The van der Waals surface area contributed by atoms with Gasteiger partial charge in [-0.3, -0.25) is 0 Å². The van der Waals surface area contributed by atoms with Crippen molar-refractivity contribution < 1.29 is 9.13 Å². The lowest BCUT2D eigenvalue weighted by molar-refractivity contribution is 0.340. The molecule has 0 unspecified atom stereocenters. The molecule has 0 spiro atoms. The Kier molecular flexibility index (Phi) is 3.53. The molecule has 0 saturated carbocycles. The van der Waals surface area contributed by atoms with E-state index in [0.29, 0.717) is 18.2 Å². The highest BCUT2D eigenvalue weighted by molar-refractivity contribution is 6.17. The average Bonchev–Trinajstić information content (AvgIpc) is 2.14. The van der Waals surface area contributed by atoms with Crippen molar-refractivity contribution in [3.8, 4) is 11.8 Å². The number of nitriles is 1. The molecule has 2 nitrogen and oxygen atoms in total. The molecule has 0 radical (unpaired) electrons. The Morgan fingerprint density at radius 2 is 2.23 bits per heavy atom. The summed E-state index contributed by atoms with van der Waals surface area (Å²) in [4.78, 5) is 0. The maximum absolute atomic E-state index is 12.8. The van der Waals surface area contributed by atoms with E-state index in [9.17, 15) is 4.39 Å². The van der Waals surface area contributed by atoms with Crippen LogP contribution in [0, 0.1) is 17.1 Å². The molecule has 1 aromatic carbocycles. The van der Waals surface area contributed by atoms with Gasteiger partial charge in [-0.15, -0.1) is 11.6 Å². The van der Waals surface area contributed by atoms with Crippen LogP contribution in [-0.2, 0) is 0 Å². The first-order valence-corrected chi connectivity index (χ1v) is 4.19. The van der Waals surface area contributed by atoms with Gasteiger partial charge in [-0.25, -0.2) is 4.39 Å². The minimum atomic E-state index is -0.483. The van der Waals surface area contributed by atoms with Gasteiger partial charge in [0.2, 0.25) is 0 Å². The van der Waals surface area contributed by atoms with Crippen molar-refractivity contribution in [2.45, 2.75) is 0 Å². The number of alkyl halides is 1. The van der Waals surface area contributed by atoms with E-state index in [2.05, 4.69) is 0 Å². The third-order valence-electron chi connectivity index (χ3n) is 1.35. The Morgan fingerprint density at radius 1 is 1.46 bits per heavy atom. The van der Waals surface area contributed by atoms with Crippen LogP contribution in [0.3, 0.4) is 0 Å². The molecular formula is C9H7ClFNO. The highest BCUT2D eigenvalue weighted by Gasteiger charge is 2.00. The highest BCUT2D eigenvalue weighted by Crippen LogP contribution is 2.15. The van der Waals surface area contributed by atoms with E-state index in [1.807, 2.05) is 6.07 Å². The molecular weight excluding hydrogens is 193 g/mol. The van der Waals surface area contributed by atoms with Crippen molar-refractivity contribution in [2.24, 2.45) is 0 Å². The summed E-state index contributed by atoms with van der Waals surface area (Å²) in [5.41, 5.74) is 0.240. The van der Waals surface area contributed by atoms with Crippen molar-refractivity contribution in [1.29, 1.82) is 5.26 Å². The van der Waals surface area contributed by atoms with Gasteiger partial charge < -0.3 is 4.74 Å². The monoisotopic (exact) mass is 199 g/mol. The van der Waals surface area contributed by atoms with Crippen molar-refractivity contribution >= 4 is 11.6 Å². The Morgan fingerprint density at radius 3 is 2.85 bits per heavy atom. The summed E-state index contributed by atoms with van der Waals surface area (Å²) in [7, 11) is 0. The van der Waals surface area contributed by atoms with E-state index in [1.165, 1.54) is 12.1 Å². The minimum Gasteiger partial charge on any atom is -0.492 e. The Labute approximate surface area is 80.5 Å². The quantitative estimate of drug-likeness (QED) is 0.700. The number of hydrogen-bond acceptors (Lipinski definition) is 2. The first-order chi connectivity index (χ1) is 6.26. The Bertz CT molecular complexity index is 335. The normalized spacial score (nSPS) is 9.31.